The number of rotatable bonds is 6. The highest BCUT2D eigenvalue weighted by atomic mass is 32.2. The molecule has 0 N–H and O–H groups in total. The molecule has 140 valence electrons. The zero-order chi connectivity index (χ0) is 18.7. The topological polar surface area (TPSA) is 85.2 Å². The van der Waals surface area contributed by atoms with Gasteiger partial charge in [-0.1, -0.05) is 42.1 Å². The molecule has 2 aromatic rings. The van der Waals surface area contributed by atoms with Crippen molar-refractivity contribution in [2.45, 2.75) is 31.1 Å². The van der Waals surface area contributed by atoms with Crippen LogP contribution in [-0.4, -0.2) is 64.3 Å². The average molecular weight is 395 g/mol. The maximum Gasteiger partial charge on any atom is 0.233 e. The number of benzene rings is 1. The number of nitrogens with zero attached hydrogens (tertiary/aromatic N) is 4. The molecule has 9 heteroatoms. The van der Waals surface area contributed by atoms with Crippen LogP contribution < -0.4 is 0 Å². The second-order valence-electron chi connectivity index (χ2n) is 6.45. The summed E-state index contributed by atoms with van der Waals surface area (Å²) in [7, 11) is -1.33. The highest BCUT2D eigenvalue weighted by molar-refractivity contribution is 7.99. The summed E-state index contributed by atoms with van der Waals surface area (Å²) in [4.78, 5) is 14.0. The van der Waals surface area contributed by atoms with Gasteiger partial charge >= 0.3 is 0 Å². The van der Waals surface area contributed by atoms with Crippen molar-refractivity contribution in [3.63, 3.8) is 0 Å². The number of carbonyl (C=O) groups is 1. The number of carbonyl (C=O) groups excluding carboxylic acids is 1. The molecule has 1 atom stereocenters. The largest absolute Gasteiger partial charge is 0.341 e. The van der Waals surface area contributed by atoms with Crippen molar-refractivity contribution in [3.8, 4) is 0 Å². The first-order valence-corrected chi connectivity index (χ1v) is 11.2. The van der Waals surface area contributed by atoms with Crippen LogP contribution in [-0.2, 0) is 21.2 Å². The lowest BCUT2D eigenvalue weighted by atomic mass is 10.2. The minimum absolute atomic E-state index is 0.0587. The third-order valence-electron chi connectivity index (χ3n) is 4.56. The molecule has 3 rings (SSSR count). The van der Waals surface area contributed by atoms with Gasteiger partial charge in [-0.2, -0.15) is 0 Å². The van der Waals surface area contributed by atoms with E-state index < -0.39 is 9.84 Å². The Kier molecular flexibility index (Phi) is 5.67. The molecule has 1 aliphatic rings. The van der Waals surface area contributed by atoms with E-state index in [1.54, 1.807) is 11.9 Å². The van der Waals surface area contributed by atoms with E-state index in [0.29, 0.717) is 18.1 Å². The van der Waals surface area contributed by atoms with Crippen molar-refractivity contribution < 1.29 is 13.2 Å². The number of thioether (sulfide) groups is 1. The van der Waals surface area contributed by atoms with Crippen LogP contribution in [0.3, 0.4) is 0 Å². The average Bonchev–Trinajstić information content (AvgIpc) is 3.16. The van der Waals surface area contributed by atoms with Gasteiger partial charge in [0.1, 0.15) is 5.82 Å². The number of sulfone groups is 1. The lowest BCUT2D eigenvalue weighted by molar-refractivity contribution is -0.128. The summed E-state index contributed by atoms with van der Waals surface area (Å²) in [5.41, 5.74) is 1.14. The SMILES string of the molecule is Cc1nnc(SCC(=O)N(C)[C@@H]2CCS(=O)(=O)C2)n1Cc1ccccc1. The molecule has 0 unspecified atom stereocenters. The molecule has 1 amide bonds. The van der Waals surface area contributed by atoms with Crippen molar-refractivity contribution >= 4 is 27.5 Å². The van der Waals surface area contributed by atoms with Gasteiger partial charge < -0.3 is 9.47 Å². The van der Waals surface area contributed by atoms with Crippen LogP contribution >= 0.6 is 11.8 Å². The molecule has 0 radical (unpaired) electrons. The second kappa shape index (κ2) is 7.79. The normalized spacial score (nSPS) is 18.8. The molecule has 1 aromatic carbocycles. The molecule has 0 bridgehead atoms. The molecule has 1 aliphatic heterocycles. The van der Waals surface area contributed by atoms with E-state index in [4.69, 9.17) is 0 Å². The van der Waals surface area contributed by atoms with Crippen LogP contribution in [0.2, 0.25) is 0 Å². The predicted molar refractivity (Wildman–Crippen MR) is 101 cm³/mol. The molecular weight excluding hydrogens is 372 g/mol. The van der Waals surface area contributed by atoms with Crippen molar-refractivity contribution in [1.29, 1.82) is 0 Å². The summed E-state index contributed by atoms with van der Waals surface area (Å²) >= 11 is 1.33. The smallest absolute Gasteiger partial charge is 0.233 e. The van der Waals surface area contributed by atoms with E-state index in [-0.39, 0.29) is 29.2 Å². The number of aromatic nitrogens is 3. The first-order valence-electron chi connectivity index (χ1n) is 8.38. The predicted octanol–water partition coefficient (Wildman–Crippen LogP) is 1.37. The molecule has 0 saturated carbocycles. The molecule has 1 fully saturated rings. The van der Waals surface area contributed by atoms with Gasteiger partial charge in [0.05, 0.1) is 23.8 Å². The molecule has 2 heterocycles. The van der Waals surface area contributed by atoms with E-state index in [2.05, 4.69) is 10.2 Å². The summed E-state index contributed by atoms with van der Waals surface area (Å²) in [6.07, 6.45) is 0.512. The van der Waals surface area contributed by atoms with Gasteiger partial charge in [0, 0.05) is 13.1 Å². The zero-order valence-electron chi connectivity index (χ0n) is 14.8. The van der Waals surface area contributed by atoms with Crippen LogP contribution in [0.4, 0.5) is 0 Å². The van der Waals surface area contributed by atoms with Gasteiger partial charge in [-0.3, -0.25) is 4.79 Å². The van der Waals surface area contributed by atoms with E-state index >= 15 is 0 Å². The maximum atomic E-state index is 12.4. The lowest BCUT2D eigenvalue weighted by Gasteiger charge is -2.23. The number of amides is 1. The fourth-order valence-corrected chi connectivity index (χ4v) is 5.61. The van der Waals surface area contributed by atoms with Gasteiger partial charge in [0.15, 0.2) is 15.0 Å². The van der Waals surface area contributed by atoms with Crippen molar-refractivity contribution in [1.82, 2.24) is 19.7 Å². The molecule has 7 nitrogen and oxygen atoms in total. The number of aryl methyl sites for hydroxylation is 1. The first kappa shape index (κ1) is 18.9. The summed E-state index contributed by atoms with van der Waals surface area (Å²) in [5, 5.41) is 8.98. The summed E-state index contributed by atoms with van der Waals surface area (Å²) in [6, 6.07) is 9.78. The molecule has 0 spiro atoms. The molecular formula is C17H22N4O3S2. The first-order chi connectivity index (χ1) is 12.4. The molecule has 26 heavy (non-hydrogen) atoms. The Morgan fingerprint density at radius 3 is 2.69 bits per heavy atom. The monoisotopic (exact) mass is 394 g/mol. The van der Waals surface area contributed by atoms with Crippen molar-refractivity contribution in [2.75, 3.05) is 24.3 Å². The second-order valence-corrected chi connectivity index (χ2v) is 9.62. The third kappa shape index (κ3) is 4.45. The van der Waals surface area contributed by atoms with Crippen molar-refractivity contribution in [3.05, 3.63) is 41.7 Å². The quantitative estimate of drug-likeness (QED) is 0.688. The maximum absolute atomic E-state index is 12.4. The zero-order valence-corrected chi connectivity index (χ0v) is 16.5. The minimum atomic E-state index is -3.01. The fraction of sp³-hybridized carbons (Fsp3) is 0.471. The Labute approximate surface area is 157 Å². The summed E-state index contributed by atoms with van der Waals surface area (Å²) in [5.74, 6) is 1.12. The van der Waals surface area contributed by atoms with Crippen LogP contribution in [0.1, 0.15) is 17.8 Å². The van der Waals surface area contributed by atoms with Gasteiger partial charge in [-0.15, -0.1) is 10.2 Å². The summed E-state index contributed by atoms with van der Waals surface area (Å²) < 4.78 is 25.2. The Bertz CT molecular complexity index is 881. The Morgan fingerprint density at radius 1 is 1.31 bits per heavy atom. The van der Waals surface area contributed by atoms with Gasteiger partial charge in [-0.25, -0.2) is 8.42 Å². The van der Waals surface area contributed by atoms with E-state index in [0.717, 1.165) is 11.4 Å². The number of hydrogen-bond donors (Lipinski definition) is 0. The number of hydrogen-bond acceptors (Lipinski definition) is 6. The Morgan fingerprint density at radius 2 is 2.04 bits per heavy atom. The van der Waals surface area contributed by atoms with Crippen molar-refractivity contribution in [2.24, 2.45) is 0 Å². The van der Waals surface area contributed by atoms with Gasteiger partial charge in [0.2, 0.25) is 5.91 Å². The Balaban J connectivity index is 1.62. The van der Waals surface area contributed by atoms with Crippen LogP contribution in [0.5, 0.6) is 0 Å². The third-order valence-corrected chi connectivity index (χ3v) is 7.26. The molecule has 1 saturated heterocycles. The van der Waals surface area contributed by atoms with E-state index in [1.807, 2.05) is 41.8 Å². The van der Waals surface area contributed by atoms with E-state index in [1.165, 1.54) is 11.8 Å². The van der Waals surface area contributed by atoms with Crippen LogP contribution in [0.15, 0.2) is 35.5 Å². The fourth-order valence-electron chi connectivity index (χ4n) is 2.93. The van der Waals surface area contributed by atoms with Crippen LogP contribution in [0, 0.1) is 6.92 Å². The highest BCUT2D eigenvalue weighted by Crippen LogP contribution is 2.21. The summed E-state index contributed by atoms with van der Waals surface area (Å²) in [6.45, 7) is 2.53. The molecule has 0 aliphatic carbocycles. The Hall–Kier alpha value is -1.87. The lowest BCUT2D eigenvalue weighted by Crippen LogP contribution is -2.38. The molecule has 1 aromatic heterocycles. The van der Waals surface area contributed by atoms with Gasteiger partial charge in [0.25, 0.3) is 0 Å². The standard InChI is InChI=1S/C17H22N4O3S2/c1-13-18-19-17(21(13)10-14-6-4-3-5-7-14)25-11-16(22)20(2)15-8-9-26(23,24)12-15/h3-7,15H,8-12H2,1-2H3/t15-/m1/s1. The van der Waals surface area contributed by atoms with Gasteiger partial charge in [-0.05, 0) is 18.9 Å². The minimum Gasteiger partial charge on any atom is -0.341 e. The van der Waals surface area contributed by atoms with Crippen LogP contribution in [0.25, 0.3) is 0 Å². The highest BCUT2D eigenvalue weighted by Gasteiger charge is 2.32. The van der Waals surface area contributed by atoms with E-state index in [9.17, 15) is 13.2 Å².